The van der Waals surface area contributed by atoms with Crippen LogP contribution >= 0.6 is 0 Å². The van der Waals surface area contributed by atoms with Gasteiger partial charge >= 0.3 is 0 Å². The van der Waals surface area contributed by atoms with E-state index in [1.54, 1.807) is 17.0 Å². The number of sulfonamides is 1. The number of carbonyl (C=O) groups excluding carboxylic acids is 2. The Balaban J connectivity index is 1.88. The first-order valence-corrected chi connectivity index (χ1v) is 9.74. The van der Waals surface area contributed by atoms with E-state index < -0.39 is 10.0 Å². The maximum atomic E-state index is 12.4. The van der Waals surface area contributed by atoms with Crippen LogP contribution in [-0.4, -0.2) is 51.2 Å². The molecule has 1 N–H and O–H groups in total. The number of hydrogen-bond acceptors (Lipinski definition) is 5. The van der Waals surface area contributed by atoms with Crippen LogP contribution in [0.3, 0.4) is 0 Å². The maximum Gasteiger partial charge on any atom is 0.240 e. The van der Waals surface area contributed by atoms with Crippen molar-refractivity contribution in [1.82, 2.24) is 9.62 Å². The van der Waals surface area contributed by atoms with Crippen molar-refractivity contribution in [2.75, 3.05) is 20.2 Å². The SMILES string of the molecule is COc1ccc(S(=O)(=O)NC2CCN(C(=O)CCC(C)=O)CC2)cc1. The van der Waals surface area contributed by atoms with Gasteiger partial charge in [0, 0.05) is 32.0 Å². The predicted molar refractivity (Wildman–Crippen MR) is 92.8 cm³/mol. The summed E-state index contributed by atoms with van der Waals surface area (Å²) in [6, 6.07) is 6.00. The van der Waals surface area contributed by atoms with Gasteiger partial charge in [-0.1, -0.05) is 0 Å². The van der Waals surface area contributed by atoms with Gasteiger partial charge in [-0.05, 0) is 44.0 Å². The minimum atomic E-state index is -3.60. The van der Waals surface area contributed by atoms with Crippen molar-refractivity contribution in [2.45, 2.75) is 43.5 Å². The number of amides is 1. The molecule has 1 aliphatic heterocycles. The van der Waals surface area contributed by atoms with E-state index in [4.69, 9.17) is 4.74 Å². The highest BCUT2D eigenvalue weighted by Gasteiger charge is 2.26. The summed E-state index contributed by atoms with van der Waals surface area (Å²) >= 11 is 0. The smallest absolute Gasteiger partial charge is 0.240 e. The molecule has 0 unspecified atom stereocenters. The molecule has 1 heterocycles. The van der Waals surface area contributed by atoms with Gasteiger partial charge in [0.25, 0.3) is 0 Å². The summed E-state index contributed by atoms with van der Waals surface area (Å²) in [5.41, 5.74) is 0. The van der Waals surface area contributed by atoms with Crippen LogP contribution < -0.4 is 9.46 Å². The van der Waals surface area contributed by atoms with Crippen molar-refractivity contribution in [3.63, 3.8) is 0 Å². The van der Waals surface area contributed by atoms with Gasteiger partial charge in [-0.15, -0.1) is 0 Å². The zero-order chi connectivity index (χ0) is 18.4. The van der Waals surface area contributed by atoms with E-state index in [-0.39, 0.29) is 35.5 Å². The number of ketones is 1. The second kappa shape index (κ2) is 8.44. The van der Waals surface area contributed by atoms with E-state index in [0.717, 1.165) is 0 Å². The summed E-state index contributed by atoms with van der Waals surface area (Å²) in [5.74, 6) is 0.540. The molecule has 1 fully saturated rings. The van der Waals surface area contributed by atoms with Gasteiger partial charge in [-0.3, -0.25) is 4.79 Å². The molecular formula is C17H24N2O5S. The average Bonchev–Trinajstić information content (AvgIpc) is 2.60. The Morgan fingerprint density at radius 3 is 2.28 bits per heavy atom. The number of Topliss-reactive ketones (excluding diaryl/α,β-unsaturated/α-hetero) is 1. The second-order valence-corrected chi connectivity index (χ2v) is 7.87. The molecule has 0 saturated carbocycles. The number of likely N-dealkylation sites (tertiary alicyclic amines) is 1. The summed E-state index contributed by atoms with van der Waals surface area (Å²) in [6.45, 7) is 2.45. The van der Waals surface area contributed by atoms with Crippen molar-refractivity contribution < 1.29 is 22.7 Å². The van der Waals surface area contributed by atoms with E-state index >= 15 is 0 Å². The summed E-state index contributed by atoms with van der Waals surface area (Å²) in [7, 11) is -2.08. The molecule has 2 rings (SSSR count). The molecule has 8 heteroatoms. The molecule has 1 amide bonds. The van der Waals surface area contributed by atoms with Gasteiger partial charge in [0.15, 0.2) is 0 Å². The van der Waals surface area contributed by atoms with E-state index in [1.165, 1.54) is 26.2 Å². The average molecular weight is 368 g/mol. The van der Waals surface area contributed by atoms with Gasteiger partial charge < -0.3 is 14.4 Å². The van der Waals surface area contributed by atoms with Crippen molar-refractivity contribution >= 4 is 21.7 Å². The molecule has 0 atom stereocenters. The molecule has 1 aromatic rings. The summed E-state index contributed by atoms with van der Waals surface area (Å²) in [5, 5.41) is 0. The first-order chi connectivity index (χ1) is 11.8. The van der Waals surface area contributed by atoms with Crippen LogP contribution in [0.4, 0.5) is 0 Å². The zero-order valence-corrected chi connectivity index (χ0v) is 15.3. The van der Waals surface area contributed by atoms with Crippen molar-refractivity contribution in [3.8, 4) is 5.75 Å². The van der Waals surface area contributed by atoms with Crippen LogP contribution in [0.15, 0.2) is 29.2 Å². The van der Waals surface area contributed by atoms with Gasteiger partial charge in [-0.2, -0.15) is 0 Å². The summed E-state index contributed by atoms with van der Waals surface area (Å²) in [4.78, 5) is 24.8. The quantitative estimate of drug-likeness (QED) is 0.784. The number of nitrogens with zero attached hydrogens (tertiary/aromatic N) is 1. The lowest BCUT2D eigenvalue weighted by molar-refractivity contribution is -0.133. The number of methoxy groups -OCH3 is 1. The van der Waals surface area contributed by atoms with Crippen LogP contribution in [0, 0.1) is 0 Å². The Labute approximate surface area is 148 Å². The molecular weight excluding hydrogens is 344 g/mol. The highest BCUT2D eigenvalue weighted by molar-refractivity contribution is 7.89. The Bertz CT molecular complexity index is 707. The standard InChI is InChI=1S/C17H24N2O5S/c1-13(20)3-8-17(21)19-11-9-14(10-12-19)18-25(22,23)16-6-4-15(24-2)5-7-16/h4-7,14,18H,3,8-12H2,1-2H3. The highest BCUT2D eigenvalue weighted by atomic mass is 32.2. The number of rotatable bonds is 7. The molecule has 0 aliphatic carbocycles. The van der Waals surface area contributed by atoms with Crippen LogP contribution in [0.25, 0.3) is 0 Å². The minimum absolute atomic E-state index is 0.00418. The number of hydrogen-bond donors (Lipinski definition) is 1. The number of ether oxygens (including phenoxy) is 1. The minimum Gasteiger partial charge on any atom is -0.497 e. The third-order valence-corrected chi connectivity index (χ3v) is 5.77. The molecule has 1 saturated heterocycles. The van der Waals surface area contributed by atoms with Crippen LogP contribution in [0.1, 0.15) is 32.6 Å². The number of benzene rings is 1. The van der Waals surface area contributed by atoms with E-state index in [0.29, 0.717) is 31.7 Å². The molecule has 25 heavy (non-hydrogen) atoms. The monoisotopic (exact) mass is 368 g/mol. The largest absolute Gasteiger partial charge is 0.497 e. The lowest BCUT2D eigenvalue weighted by atomic mass is 10.1. The second-order valence-electron chi connectivity index (χ2n) is 6.15. The van der Waals surface area contributed by atoms with Gasteiger partial charge in [0.2, 0.25) is 15.9 Å². The van der Waals surface area contributed by atoms with Gasteiger partial charge in [0.05, 0.1) is 12.0 Å². The highest BCUT2D eigenvalue weighted by Crippen LogP contribution is 2.18. The molecule has 0 radical (unpaired) electrons. The lowest BCUT2D eigenvalue weighted by Crippen LogP contribution is -2.46. The molecule has 1 aromatic carbocycles. The topological polar surface area (TPSA) is 92.8 Å². The number of piperidine rings is 1. The summed E-state index contributed by atoms with van der Waals surface area (Å²) in [6.07, 6.45) is 1.59. The Hall–Kier alpha value is -1.93. The fourth-order valence-electron chi connectivity index (χ4n) is 2.73. The molecule has 1 aliphatic rings. The Morgan fingerprint density at radius 1 is 1.16 bits per heavy atom. The first kappa shape index (κ1) is 19.4. The van der Waals surface area contributed by atoms with E-state index in [2.05, 4.69) is 4.72 Å². The third kappa shape index (κ3) is 5.54. The summed E-state index contributed by atoms with van der Waals surface area (Å²) < 4.78 is 32.6. The van der Waals surface area contributed by atoms with E-state index in [1.807, 2.05) is 0 Å². The molecule has 0 spiro atoms. The van der Waals surface area contributed by atoms with Crippen molar-refractivity contribution in [1.29, 1.82) is 0 Å². The van der Waals surface area contributed by atoms with Crippen LogP contribution in [-0.2, 0) is 19.6 Å². The lowest BCUT2D eigenvalue weighted by Gasteiger charge is -2.32. The third-order valence-electron chi connectivity index (χ3n) is 4.23. The van der Waals surface area contributed by atoms with Crippen LogP contribution in [0.2, 0.25) is 0 Å². The molecule has 7 nitrogen and oxygen atoms in total. The van der Waals surface area contributed by atoms with Gasteiger partial charge in [0.1, 0.15) is 11.5 Å². The van der Waals surface area contributed by atoms with Crippen LogP contribution in [0.5, 0.6) is 5.75 Å². The van der Waals surface area contributed by atoms with Gasteiger partial charge in [-0.25, -0.2) is 13.1 Å². The molecule has 0 aromatic heterocycles. The Kier molecular flexibility index (Phi) is 6.55. The predicted octanol–water partition coefficient (Wildman–Crippen LogP) is 1.33. The molecule has 138 valence electrons. The first-order valence-electron chi connectivity index (χ1n) is 8.25. The fraction of sp³-hybridized carbons (Fsp3) is 0.529. The maximum absolute atomic E-state index is 12.4. The normalized spacial score (nSPS) is 15.8. The number of nitrogens with one attached hydrogen (secondary N) is 1. The van der Waals surface area contributed by atoms with Crippen molar-refractivity contribution in [3.05, 3.63) is 24.3 Å². The van der Waals surface area contributed by atoms with Crippen molar-refractivity contribution in [2.24, 2.45) is 0 Å². The Morgan fingerprint density at radius 2 is 1.76 bits per heavy atom. The molecule has 0 bridgehead atoms. The number of carbonyl (C=O) groups is 2. The zero-order valence-electron chi connectivity index (χ0n) is 14.5. The fourth-order valence-corrected chi connectivity index (χ4v) is 4.04. The van der Waals surface area contributed by atoms with E-state index in [9.17, 15) is 18.0 Å².